The molecule has 0 aromatic carbocycles. The predicted molar refractivity (Wildman–Crippen MR) is 512 cm³/mol. The number of anilines is 4. The van der Waals surface area contributed by atoms with Crippen molar-refractivity contribution in [1.29, 1.82) is 0 Å². The van der Waals surface area contributed by atoms with Crippen LogP contribution in [-0.2, 0) is 57.2 Å². The van der Waals surface area contributed by atoms with Gasteiger partial charge in [-0.1, -0.05) is 95.8 Å². The SMILES string of the molecule is CC[C@@H](C(=O)N1CC2CC1CO2)c1c(C#CC(C)(C)C)sc(C(=O)OC)c1NC(=O)C1CCC(C)CC1.CC[C@@H](C(=O)N1C[C@@H]2C[C@@H]1CO2)c1c(C#CC(C)(C)C)sc(C(=O)O)c1NC(=O)C1CCC(C)CC1.CC[C@@H](C(=O)N1C[C@H]2C[C@H]1CO2)c1c(C#CC(C)(C)C)sc(C(=O)O)c1NC(=O)C1CCC(C)CC1.CC[C@H](Nc1cc(C#CC(C)(C)C)sc1C(=O)OC)C(=O)O. The van der Waals surface area contributed by atoms with Crippen molar-refractivity contribution in [2.75, 3.05) is 74.9 Å². The first-order valence-corrected chi connectivity index (χ1v) is 50.0. The number of carboxylic acid groups (broad SMARTS) is 3. The molecule has 714 valence electrons. The van der Waals surface area contributed by atoms with Crippen LogP contribution < -0.4 is 21.3 Å². The average molecular weight is 1880 g/mol. The third-order valence-corrected chi connectivity index (χ3v) is 29.9. The molecule has 2 unspecified atom stereocenters. The maximum atomic E-state index is 13.9. The minimum atomic E-state index is -1.12. The minimum Gasteiger partial charge on any atom is -0.480 e. The lowest BCUT2D eigenvalue weighted by Crippen LogP contribution is -2.44. The normalized spacial score (nSPS) is 23.8. The Balaban J connectivity index is 0.000000184. The molecule has 4 aromatic heterocycles. The zero-order valence-electron chi connectivity index (χ0n) is 80.3. The second-order valence-corrected chi connectivity index (χ2v) is 44.9. The number of carbonyl (C=O) groups excluding carboxylic acids is 8. The Labute approximate surface area is 789 Å². The molecule has 0 spiro atoms. The van der Waals surface area contributed by atoms with Crippen molar-refractivity contribution in [1.82, 2.24) is 14.7 Å². The van der Waals surface area contributed by atoms with Crippen LogP contribution in [0.1, 0.15) is 346 Å². The van der Waals surface area contributed by atoms with Gasteiger partial charge in [0.25, 0.3) is 0 Å². The number of amides is 6. The molecule has 3 aliphatic carbocycles. The molecule has 3 saturated carbocycles. The van der Waals surface area contributed by atoms with Gasteiger partial charge in [-0.2, -0.15) is 0 Å². The number of aliphatic carboxylic acids is 1. The summed E-state index contributed by atoms with van der Waals surface area (Å²) < 4.78 is 27.0. The number of likely N-dealkylation sites (tertiary alicyclic amines) is 3. The number of hydrogen-bond donors (Lipinski definition) is 7. The molecular formula is C101H137N7O19S4. The highest BCUT2D eigenvalue weighted by atomic mass is 32.1. The molecule has 9 aliphatic rings. The van der Waals surface area contributed by atoms with Crippen molar-refractivity contribution >= 4 is 133 Å². The Bertz CT molecular complexity index is 4960. The molecule has 30 heteroatoms. The highest BCUT2D eigenvalue weighted by molar-refractivity contribution is 7.16. The number of methoxy groups -OCH3 is 2. The number of fused-ring (bicyclic) bond motifs is 6. The lowest BCUT2D eigenvalue weighted by atomic mass is 9.82. The molecule has 7 N–H and O–H groups in total. The molecule has 10 atom stereocenters. The van der Waals surface area contributed by atoms with Crippen LogP contribution in [0.15, 0.2) is 6.07 Å². The van der Waals surface area contributed by atoms with Gasteiger partial charge in [-0.25, -0.2) is 24.0 Å². The standard InChI is InChI=1S/C29H40N2O5S.2C28H38N2O5S.C16H21NO4S/c1-7-21(27(33)31-15-20-14-19(31)16-36-20)23-22(12-13-29(3,4)5)37-25(28(34)35-6)24(23)30-26(32)18-10-8-17(2)9-11-18;2*1-6-20(26(32)30-14-19-13-18(30)15-35-19)22-21(11-12-28(3,4)5)36-24(27(33)34)23(22)29-25(31)17-9-7-16(2)8-10-17;1-6-11(14(18)19)17-12-9-10(7-8-16(2,3)4)22-13(12)15(20)21-5/h17-21H,7-11,14-16H2,1-6H3,(H,30,32);2*16-20H,6-10,13-15H2,1-5H3,(H,29,31)(H,33,34);9,11,17H,6H2,1-5H3,(H,18,19)/t17?,18?,19?,20?,21-;16?,17?,18-,19+,20+;16?,17?,18-,19+,20-;11-/m1010/s1. The van der Waals surface area contributed by atoms with Crippen LogP contribution in [0.4, 0.5) is 22.7 Å². The van der Waals surface area contributed by atoms with Gasteiger partial charge in [0.1, 0.15) is 25.6 Å². The monoisotopic (exact) mass is 1880 g/mol. The maximum absolute atomic E-state index is 13.9. The summed E-state index contributed by atoms with van der Waals surface area (Å²) in [6, 6.07) is 1.13. The quantitative estimate of drug-likeness (QED) is 0.0268. The summed E-state index contributed by atoms with van der Waals surface area (Å²) in [7, 11) is 2.63. The first kappa shape index (κ1) is 104. The Morgan fingerprint density at radius 2 is 0.710 bits per heavy atom. The van der Waals surface area contributed by atoms with Crippen molar-refractivity contribution in [3.63, 3.8) is 0 Å². The zero-order valence-corrected chi connectivity index (χ0v) is 83.6. The van der Waals surface area contributed by atoms with Crippen molar-refractivity contribution in [2.45, 2.75) is 314 Å². The van der Waals surface area contributed by atoms with Gasteiger partial charge in [0, 0.05) is 75.7 Å². The van der Waals surface area contributed by atoms with E-state index in [-0.39, 0.29) is 132 Å². The highest BCUT2D eigenvalue weighted by Gasteiger charge is 2.49. The van der Waals surface area contributed by atoms with E-state index in [4.69, 9.17) is 28.8 Å². The predicted octanol–water partition coefficient (Wildman–Crippen LogP) is 18.6. The summed E-state index contributed by atoms with van der Waals surface area (Å²) in [4.78, 5) is 151. The van der Waals surface area contributed by atoms with Crippen molar-refractivity contribution in [3.8, 4) is 47.4 Å². The number of morpholine rings is 3. The number of esters is 2. The van der Waals surface area contributed by atoms with Gasteiger partial charge >= 0.3 is 29.8 Å². The number of carboxylic acids is 3. The lowest BCUT2D eigenvalue weighted by molar-refractivity contribution is -0.138. The fraction of sp³-hybridized carbons (Fsp3) is 0.653. The third-order valence-electron chi connectivity index (χ3n) is 25.6. The van der Waals surface area contributed by atoms with E-state index in [9.17, 15) is 63.0 Å². The molecular weight excluding hydrogens is 1740 g/mol. The third kappa shape index (κ3) is 26.9. The van der Waals surface area contributed by atoms with Crippen molar-refractivity contribution < 1.29 is 91.7 Å². The van der Waals surface area contributed by atoms with E-state index in [0.29, 0.717) is 140 Å². The number of nitrogens with one attached hydrogen (secondary N) is 4. The summed E-state index contributed by atoms with van der Waals surface area (Å²) in [5, 5.41) is 41.2. The van der Waals surface area contributed by atoms with Crippen LogP contribution in [0.25, 0.3) is 0 Å². The molecule has 13 rings (SSSR count). The number of aromatic carboxylic acids is 2. The van der Waals surface area contributed by atoms with Crippen LogP contribution >= 0.6 is 45.3 Å². The van der Waals surface area contributed by atoms with E-state index in [0.717, 1.165) is 119 Å². The molecule has 6 amide bonds. The van der Waals surface area contributed by atoms with E-state index in [1.807, 2.05) is 119 Å². The van der Waals surface area contributed by atoms with Crippen LogP contribution in [0, 0.1) is 105 Å². The van der Waals surface area contributed by atoms with Gasteiger partial charge in [-0.05, 0) is 229 Å². The van der Waals surface area contributed by atoms with Crippen LogP contribution in [0.2, 0.25) is 0 Å². The van der Waals surface area contributed by atoms with E-state index >= 15 is 0 Å². The molecule has 9 fully saturated rings. The fourth-order valence-electron chi connectivity index (χ4n) is 18.2. The van der Waals surface area contributed by atoms with Gasteiger partial charge in [0.15, 0.2) is 0 Å². The van der Waals surface area contributed by atoms with E-state index in [2.05, 4.69) is 89.4 Å². The minimum absolute atomic E-state index is 0.00770. The molecule has 6 bridgehead atoms. The Kier molecular flexibility index (Phi) is 35.6. The lowest BCUT2D eigenvalue weighted by Gasteiger charge is -2.31. The Morgan fingerprint density at radius 3 is 0.962 bits per heavy atom. The number of ether oxygens (including phenoxy) is 5. The summed E-state index contributed by atoms with van der Waals surface area (Å²) in [5.41, 5.74) is 2.10. The van der Waals surface area contributed by atoms with Gasteiger partial charge in [-0.15, -0.1) is 45.3 Å². The smallest absolute Gasteiger partial charge is 0.350 e. The molecule has 26 nitrogen and oxygen atoms in total. The van der Waals surface area contributed by atoms with Crippen LogP contribution in [-0.4, -0.2) is 191 Å². The molecule has 131 heavy (non-hydrogen) atoms. The zero-order chi connectivity index (χ0) is 96.2. The van der Waals surface area contributed by atoms with Crippen LogP contribution in [0.3, 0.4) is 0 Å². The molecule has 10 heterocycles. The number of nitrogens with zero attached hydrogens (tertiary/aromatic N) is 3. The Hall–Kier alpha value is -9.11. The number of rotatable bonds is 23. The number of hydrogen-bond acceptors (Lipinski definition) is 21. The largest absolute Gasteiger partial charge is 0.480 e. The van der Waals surface area contributed by atoms with E-state index in [1.54, 1.807) is 13.0 Å². The highest BCUT2D eigenvalue weighted by Crippen LogP contribution is 2.48. The fourth-order valence-corrected chi connectivity index (χ4v) is 22.2. The first-order chi connectivity index (χ1) is 61.7. The molecule has 6 aliphatic heterocycles. The molecule has 4 aromatic rings. The van der Waals surface area contributed by atoms with Gasteiger partial charge in [0.2, 0.25) is 35.4 Å². The van der Waals surface area contributed by atoms with Crippen molar-refractivity contribution in [3.05, 3.63) is 61.8 Å². The second-order valence-electron chi connectivity index (χ2n) is 40.8. The number of thiophene rings is 4. The first-order valence-electron chi connectivity index (χ1n) is 46.7. The van der Waals surface area contributed by atoms with E-state index < -0.39 is 53.6 Å². The average Bonchev–Trinajstić information content (AvgIpc) is 1.62. The van der Waals surface area contributed by atoms with Gasteiger partial charge in [-0.3, -0.25) is 28.8 Å². The summed E-state index contributed by atoms with van der Waals surface area (Å²) >= 11 is 4.52. The van der Waals surface area contributed by atoms with E-state index in [1.165, 1.54) is 36.9 Å². The summed E-state index contributed by atoms with van der Waals surface area (Å²) in [5.74, 6) is 20.4. The number of carbonyl (C=O) groups is 11. The van der Waals surface area contributed by atoms with Crippen LogP contribution in [0.5, 0.6) is 0 Å². The maximum Gasteiger partial charge on any atom is 0.350 e. The Morgan fingerprint density at radius 1 is 0.420 bits per heavy atom. The topological polar surface area (TPSA) is 352 Å². The van der Waals surface area contributed by atoms with Gasteiger partial charge in [0.05, 0.1) is 130 Å². The second kappa shape index (κ2) is 44.8. The summed E-state index contributed by atoms with van der Waals surface area (Å²) in [6.45, 7) is 41.5. The summed E-state index contributed by atoms with van der Waals surface area (Å²) in [6.07, 6.45) is 15.4. The van der Waals surface area contributed by atoms with Gasteiger partial charge < -0.3 is 75.0 Å². The van der Waals surface area contributed by atoms with Crippen molar-refractivity contribution in [2.24, 2.45) is 57.2 Å². The molecule has 0 radical (unpaired) electrons. The molecule has 6 saturated heterocycles.